The number of nitrogens with one attached hydrogen (secondary N) is 2. The molecule has 0 aromatic heterocycles. The Morgan fingerprint density at radius 2 is 1.73 bits per heavy atom. The van der Waals surface area contributed by atoms with Gasteiger partial charge in [-0.1, -0.05) is 34.1 Å². The Morgan fingerprint density at radius 3 is 2.41 bits per heavy atom. The summed E-state index contributed by atoms with van der Waals surface area (Å²) < 4.78 is 0.825. The summed E-state index contributed by atoms with van der Waals surface area (Å²) in [5.41, 5.74) is 1.46. The highest BCUT2D eigenvalue weighted by atomic mass is 79.9. The van der Waals surface area contributed by atoms with Gasteiger partial charge in [0.15, 0.2) is 0 Å². The predicted molar refractivity (Wildman–Crippen MR) is 91.1 cm³/mol. The van der Waals surface area contributed by atoms with Crippen molar-refractivity contribution in [2.45, 2.75) is 19.9 Å². The molecule has 2 N–H and O–H groups in total. The van der Waals surface area contributed by atoms with E-state index in [0.29, 0.717) is 16.8 Å². The Bertz CT molecular complexity index is 699. The zero-order valence-electron chi connectivity index (χ0n) is 12.4. The summed E-state index contributed by atoms with van der Waals surface area (Å²) in [5.74, 6) is -0.466. The molecule has 114 valence electrons. The monoisotopic (exact) mass is 360 g/mol. The molecule has 4 nitrogen and oxygen atoms in total. The van der Waals surface area contributed by atoms with E-state index < -0.39 is 0 Å². The lowest BCUT2D eigenvalue weighted by Crippen LogP contribution is -2.31. The Morgan fingerprint density at radius 1 is 1.00 bits per heavy atom. The third kappa shape index (κ3) is 4.18. The standard InChI is InChI=1S/C17H17BrN2O2/c1-11(2)19-17(22)14-8-3-4-9-15(14)20-16(21)12-6-5-7-13(18)10-12/h3-11H,1-2H3,(H,19,22)(H,20,21). The lowest BCUT2D eigenvalue weighted by atomic mass is 10.1. The number of amides is 2. The minimum absolute atomic E-state index is 0.0290. The van der Waals surface area contributed by atoms with Crippen molar-refractivity contribution in [1.29, 1.82) is 0 Å². The van der Waals surface area contributed by atoms with Crippen molar-refractivity contribution in [3.8, 4) is 0 Å². The molecule has 0 fully saturated rings. The van der Waals surface area contributed by atoms with E-state index in [1.54, 1.807) is 42.5 Å². The van der Waals surface area contributed by atoms with Crippen LogP contribution in [0, 0.1) is 0 Å². The summed E-state index contributed by atoms with van der Waals surface area (Å²) in [6, 6.07) is 14.1. The molecule has 0 atom stereocenters. The van der Waals surface area contributed by atoms with Crippen LogP contribution in [0.3, 0.4) is 0 Å². The van der Waals surface area contributed by atoms with Gasteiger partial charge in [-0.05, 0) is 44.2 Å². The second-order valence-electron chi connectivity index (χ2n) is 5.14. The van der Waals surface area contributed by atoms with Gasteiger partial charge in [0.05, 0.1) is 11.3 Å². The average Bonchev–Trinajstić information content (AvgIpc) is 2.47. The van der Waals surface area contributed by atoms with Crippen LogP contribution in [0.25, 0.3) is 0 Å². The molecular formula is C17H17BrN2O2. The zero-order chi connectivity index (χ0) is 16.1. The summed E-state index contributed by atoms with van der Waals surface area (Å²) >= 11 is 3.34. The Labute approximate surface area is 138 Å². The van der Waals surface area contributed by atoms with Crippen LogP contribution in [0.2, 0.25) is 0 Å². The molecule has 2 rings (SSSR count). The van der Waals surface area contributed by atoms with E-state index in [2.05, 4.69) is 26.6 Å². The first-order valence-electron chi connectivity index (χ1n) is 6.94. The van der Waals surface area contributed by atoms with Crippen LogP contribution < -0.4 is 10.6 Å². The molecule has 2 aromatic rings. The van der Waals surface area contributed by atoms with Crippen LogP contribution in [0.5, 0.6) is 0 Å². The Kier molecular flexibility index (Phi) is 5.33. The summed E-state index contributed by atoms with van der Waals surface area (Å²) in [5, 5.41) is 5.61. The number of benzene rings is 2. The summed E-state index contributed by atoms with van der Waals surface area (Å²) in [6.45, 7) is 3.78. The summed E-state index contributed by atoms with van der Waals surface area (Å²) in [6.07, 6.45) is 0. The highest BCUT2D eigenvalue weighted by molar-refractivity contribution is 9.10. The third-order valence-electron chi connectivity index (χ3n) is 2.93. The molecule has 0 aliphatic heterocycles. The molecule has 22 heavy (non-hydrogen) atoms. The van der Waals surface area contributed by atoms with Gasteiger partial charge in [0, 0.05) is 16.1 Å². The maximum atomic E-state index is 12.3. The van der Waals surface area contributed by atoms with E-state index in [1.807, 2.05) is 19.9 Å². The average molecular weight is 361 g/mol. The number of anilines is 1. The van der Waals surface area contributed by atoms with Crippen LogP contribution in [-0.2, 0) is 0 Å². The van der Waals surface area contributed by atoms with Crippen molar-refractivity contribution in [3.05, 3.63) is 64.1 Å². The number of hydrogen-bond donors (Lipinski definition) is 2. The van der Waals surface area contributed by atoms with Gasteiger partial charge >= 0.3 is 0 Å². The molecule has 0 aliphatic rings. The van der Waals surface area contributed by atoms with Crippen molar-refractivity contribution in [3.63, 3.8) is 0 Å². The largest absolute Gasteiger partial charge is 0.350 e. The molecule has 0 heterocycles. The lowest BCUT2D eigenvalue weighted by Gasteiger charge is -2.13. The number of rotatable bonds is 4. The first-order valence-corrected chi connectivity index (χ1v) is 7.73. The van der Waals surface area contributed by atoms with Gasteiger partial charge in [-0.25, -0.2) is 0 Å². The van der Waals surface area contributed by atoms with E-state index in [9.17, 15) is 9.59 Å². The SMILES string of the molecule is CC(C)NC(=O)c1ccccc1NC(=O)c1cccc(Br)c1. The van der Waals surface area contributed by atoms with E-state index in [4.69, 9.17) is 0 Å². The first-order chi connectivity index (χ1) is 10.5. The van der Waals surface area contributed by atoms with E-state index >= 15 is 0 Å². The smallest absolute Gasteiger partial charge is 0.255 e. The van der Waals surface area contributed by atoms with Crippen LogP contribution in [0.4, 0.5) is 5.69 Å². The predicted octanol–water partition coefficient (Wildman–Crippen LogP) is 3.84. The molecule has 0 unspecified atom stereocenters. The number of hydrogen-bond acceptors (Lipinski definition) is 2. The number of carbonyl (C=O) groups is 2. The normalized spacial score (nSPS) is 10.4. The minimum atomic E-state index is -0.258. The highest BCUT2D eigenvalue weighted by Crippen LogP contribution is 2.18. The van der Waals surface area contributed by atoms with Crippen LogP contribution in [-0.4, -0.2) is 17.9 Å². The second-order valence-corrected chi connectivity index (χ2v) is 6.05. The number of halogens is 1. The quantitative estimate of drug-likeness (QED) is 0.869. The maximum absolute atomic E-state index is 12.3. The van der Waals surface area contributed by atoms with E-state index in [-0.39, 0.29) is 17.9 Å². The van der Waals surface area contributed by atoms with Crippen LogP contribution >= 0.6 is 15.9 Å². The van der Waals surface area contributed by atoms with Gasteiger partial charge in [-0.3, -0.25) is 9.59 Å². The van der Waals surface area contributed by atoms with Crippen molar-refractivity contribution in [2.75, 3.05) is 5.32 Å². The second kappa shape index (κ2) is 7.22. The van der Waals surface area contributed by atoms with E-state index in [1.165, 1.54) is 0 Å². The molecule has 0 radical (unpaired) electrons. The van der Waals surface area contributed by atoms with Gasteiger partial charge in [0.25, 0.3) is 11.8 Å². The van der Waals surface area contributed by atoms with Gasteiger partial charge in [0.2, 0.25) is 0 Å². The maximum Gasteiger partial charge on any atom is 0.255 e. The van der Waals surface area contributed by atoms with Gasteiger partial charge in [-0.2, -0.15) is 0 Å². The van der Waals surface area contributed by atoms with Gasteiger partial charge in [-0.15, -0.1) is 0 Å². The molecule has 0 saturated heterocycles. The Hall–Kier alpha value is -2.14. The lowest BCUT2D eigenvalue weighted by molar-refractivity contribution is 0.0944. The molecular weight excluding hydrogens is 344 g/mol. The fourth-order valence-electron chi connectivity index (χ4n) is 1.95. The Balaban J connectivity index is 2.23. The van der Waals surface area contributed by atoms with Crippen LogP contribution in [0.15, 0.2) is 53.0 Å². The molecule has 0 spiro atoms. The van der Waals surface area contributed by atoms with E-state index in [0.717, 1.165) is 4.47 Å². The van der Waals surface area contributed by atoms with Crippen molar-refractivity contribution in [1.82, 2.24) is 5.32 Å². The minimum Gasteiger partial charge on any atom is -0.350 e. The van der Waals surface area contributed by atoms with Crippen LogP contribution in [0.1, 0.15) is 34.6 Å². The third-order valence-corrected chi connectivity index (χ3v) is 3.42. The topological polar surface area (TPSA) is 58.2 Å². The highest BCUT2D eigenvalue weighted by Gasteiger charge is 2.14. The molecule has 0 aliphatic carbocycles. The first kappa shape index (κ1) is 16.2. The van der Waals surface area contributed by atoms with Gasteiger partial charge < -0.3 is 10.6 Å². The van der Waals surface area contributed by atoms with Gasteiger partial charge in [0.1, 0.15) is 0 Å². The molecule has 0 bridgehead atoms. The molecule has 0 saturated carbocycles. The summed E-state index contributed by atoms with van der Waals surface area (Å²) in [4.78, 5) is 24.5. The fraction of sp³-hybridized carbons (Fsp3) is 0.176. The zero-order valence-corrected chi connectivity index (χ0v) is 14.0. The molecule has 2 aromatic carbocycles. The fourth-order valence-corrected chi connectivity index (χ4v) is 2.35. The number of para-hydroxylation sites is 1. The molecule has 5 heteroatoms. The van der Waals surface area contributed by atoms with Crippen molar-refractivity contribution < 1.29 is 9.59 Å². The summed E-state index contributed by atoms with van der Waals surface area (Å²) in [7, 11) is 0. The molecule has 2 amide bonds. The number of carbonyl (C=O) groups excluding carboxylic acids is 2. The van der Waals surface area contributed by atoms with Crippen molar-refractivity contribution in [2.24, 2.45) is 0 Å². The van der Waals surface area contributed by atoms with Crippen molar-refractivity contribution >= 4 is 33.4 Å².